The number of sulfone groups is 1. The van der Waals surface area contributed by atoms with Crippen molar-refractivity contribution in [1.82, 2.24) is 5.16 Å². The summed E-state index contributed by atoms with van der Waals surface area (Å²) >= 11 is 3.28. The topological polar surface area (TPSA) is 101 Å². The Morgan fingerprint density at radius 3 is 2.12 bits per heavy atom. The number of hydrogen-bond acceptors (Lipinski definition) is 5. The molecule has 0 unspecified atom stereocenters. The highest BCUT2D eigenvalue weighted by Gasteiger charge is 2.17. The molecule has 0 aliphatic heterocycles. The lowest BCUT2D eigenvalue weighted by Crippen LogP contribution is -2.19. The van der Waals surface area contributed by atoms with Gasteiger partial charge in [0.15, 0.2) is 0 Å². The highest BCUT2D eigenvalue weighted by atomic mass is 79.9. The first kappa shape index (κ1) is 18.2. The summed E-state index contributed by atoms with van der Waals surface area (Å²) in [6.45, 7) is 1.70. The molecule has 2 aromatic carbocycles. The van der Waals surface area contributed by atoms with Gasteiger partial charge in [-0.25, -0.2) is 13.2 Å². The van der Waals surface area contributed by atoms with Gasteiger partial charge < -0.3 is 15.2 Å². The molecule has 0 aliphatic carbocycles. The summed E-state index contributed by atoms with van der Waals surface area (Å²) in [6, 6.07) is 11.8. The van der Waals surface area contributed by atoms with Crippen LogP contribution in [0.4, 0.5) is 16.2 Å². The van der Waals surface area contributed by atoms with E-state index in [0.29, 0.717) is 17.1 Å². The molecule has 26 heavy (non-hydrogen) atoms. The van der Waals surface area contributed by atoms with E-state index in [0.717, 1.165) is 4.47 Å². The Morgan fingerprint density at radius 1 is 1.00 bits per heavy atom. The molecule has 134 valence electrons. The lowest BCUT2D eigenvalue weighted by atomic mass is 10.3. The summed E-state index contributed by atoms with van der Waals surface area (Å²) in [4.78, 5) is 12.3. The van der Waals surface area contributed by atoms with Gasteiger partial charge in [0.2, 0.25) is 9.84 Å². The molecule has 0 bridgehead atoms. The Hall–Kier alpha value is -2.65. The molecule has 0 spiro atoms. The van der Waals surface area contributed by atoms with E-state index in [4.69, 9.17) is 4.52 Å². The second-order valence-electron chi connectivity index (χ2n) is 5.37. The number of anilines is 2. The van der Waals surface area contributed by atoms with E-state index in [9.17, 15) is 13.2 Å². The Morgan fingerprint density at radius 2 is 1.58 bits per heavy atom. The number of hydrogen-bond donors (Lipinski definition) is 2. The van der Waals surface area contributed by atoms with E-state index >= 15 is 0 Å². The predicted molar refractivity (Wildman–Crippen MR) is 99.9 cm³/mol. The second kappa shape index (κ2) is 7.30. The molecule has 0 saturated carbocycles. The van der Waals surface area contributed by atoms with E-state index in [1.807, 2.05) is 0 Å². The molecule has 3 rings (SSSR count). The quantitative estimate of drug-likeness (QED) is 0.638. The van der Waals surface area contributed by atoms with Gasteiger partial charge in [-0.3, -0.25) is 0 Å². The summed E-state index contributed by atoms with van der Waals surface area (Å²) in [5, 5.41) is 8.86. The van der Waals surface area contributed by atoms with Crippen molar-refractivity contribution in [3.05, 3.63) is 65.0 Å². The van der Waals surface area contributed by atoms with Gasteiger partial charge in [-0.1, -0.05) is 21.1 Å². The maximum Gasteiger partial charge on any atom is 0.323 e. The van der Waals surface area contributed by atoms with Crippen LogP contribution in [0, 0.1) is 6.92 Å². The smallest absolute Gasteiger partial charge is 0.323 e. The van der Waals surface area contributed by atoms with Crippen molar-refractivity contribution in [3.8, 4) is 0 Å². The molecule has 1 aromatic heterocycles. The Balaban J connectivity index is 1.73. The molecule has 0 radical (unpaired) electrons. The molecule has 0 fully saturated rings. The summed E-state index contributed by atoms with van der Waals surface area (Å²) in [5.41, 5.74) is 1.46. The fraction of sp³-hybridized carbons (Fsp3) is 0.0588. The molecular weight excluding hydrogens is 422 g/mol. The zero-order chi connectivity index (χ0) is 18.7. The third-order valence-electron chi connectivity index (χ3n) is 3.54. The normalized spacial score (nSPS) is 11.2. The van der Waals surface area contributed by atoms with Gasteiger partial charge in [0.05, 0.1) is 9.79 Å². The number of aryl methyl sites for hydroxylation is 1. The summed E-state index contributed by atoms with van der Waals surface area (Å²) in [6.07, 6.45) is 1.32. The molecule has 3 aromatic rings. The van der Waals surface area contributed by atoms with Crippen LogP contribution in [0.3, 0.4) is 0 Å². The van der Waals surface area contributed by atoms with Crippen LogP contribution in [0.5, 0.6) is 0 Å². The van der Waals surface area contributed by atoms with Crippen LogP contribution in [0.1, 0.15) is 5.69 Å². The van der Waals surface area contributed by atoms with Crippen molar-refractivity contribution < 1.29 is 17.7 Å². The highest BCUT2D eigenvalue weighted by molar-refractivity contribution is 9.10. The third kappa shape index (κ3) is 3.94. The van der Waals surface area contributed by atoms with Crippen LogP contribution in [0.2, 0.25) is 0 Å². The van der Waals surface area contributed by atoms with Gasteiger partial charge in [0, 0.05) is 10.2 Å². The SMILES string of the molecule is Cc1nocc1NC(=O)Nc1ccc(S(=O)(=O)c2ccc(Br)cc2)cc1. The number of carbonyl (C=O) groups is 1. The first-order valence-electron chi connectivity index (χ1n) is 7.46. The molecule has 2 amide bonds. The van der Waals surface area contributed by atoms with Crippen LogP contribution < -0.4 is 10.6 Å². The number of aromatic nitrogens is 1. The molecule has 0 atom stereocenters. The van der Waals surface area contributed by atoms with Gasteiger partial charge in [-0.15, -0.1) is 0 Å². The maximum absolute atomic E-state index is 12.6. The number of rotatable bonds is 4. The van der Waals surface area contributed by atoms with Gasteiger partial charge in [0.25, 0.3) is 0 Å². The van der Waals surface area contributed by atoms with Crippen LogP contribution in [0.25, 0.3) is 0 Å². The number of carbonyl (C=O) groups excluding carboxylic acids is 1. The van der Waals surface area contributed by atoms with E-state index in [1.54, 1.807) is 19.1 Å². The number of nitrogens with zero attached hydrogens (tertiary/aromatic N) is 1. The van der Waals surface area contributed by atoms with Gasteiger partial charge in [-0.2, -0.15) is 0 Å². The molecule has 0 saturated heterocycles. The molecule has 1 heterocycles. The number of benzene rings is 2. The highest BCUT2D eigenvalue weighted by Crippen LogP contribution is 2.24. The molecule has 9 heteroatoms. The van der Waals surface area contributed by atoms with Crippen molar-refractivity contribution >= 4 is 43.2 Å². The molecule has 2 N–H and O–H groups in total. The fourth-order valence-electron chi connectivity index (χ4n) is 2.16. The van der Waals surface area contributed by atoms with Crippen molar-refractivity contribution in [3.63, 3.8) is 0 Å². The van der Waals surface area contributed by atoms with Gasteiger partial charge in [0.1, 0.15) is 17.6 Å². The van der Waals surface area contributed by atoms with Gasteiger partial charge >= 0.3 is 6.03 Å². The minimum atomic E-state index is -3.62. The molecular formula is C17H14BrN3O4S. The van der Waals surface area contributed by atoms with Crippen molar-refractivity contribution in [2.45, 2.75) is 16.7 Å². The molecule has 7 nitrogen and oxygen atoms in total. The average molecular weight is 436 g/mol. The van der Waals surface area contributed by atoms with E-state index < -0.39 is 15.9 Å². The van der Waals surface area contributed by atoms with Crippen LogP contribution in [-0.2, 0) is 9.84 Å². The fourth-order valence-corrected chi connectivity index (χ4v) is 3.69. The largest absolute Gasteiger partial charge is 0.362 e. The number of halogens is 1. The van der Waals surface area contributed by atoms with Crippen molar-refractivity contribution in [2.75, 3.05) is 10.6 Å². The monoisotopic (exact) mass is 435 g/mol. The zero-order valence-corrected chi connectivity index (χ0v) is 16.0. The second-order valence-corrected chi connectivity index (χ2v) is 8.24. The van der Waals surface area contributed by atoms with Crippen molar-refractivity contribution in [1.29, 1.82) is 0 Å². The van der Waals surface area contributed by atoms with Gasteiger partial charge in [-0.05, 0) is 55.5 Å². The summed E-state index contributed by atoms with van der Waals surface area (Å²) in [7, 11) is -3.62. The van der Waals surface area contributed by atoms with E-state index in [-0.39, 0.29) is 9.79 Å². The standard InChI is InChI=1S/C17H14BrN3O4S/c1-11-16(10-25-21-11)20-17(22)19-13-4-8-15(9-5-13)26(23,24)14-6-2-12(18)3-7-14/h2-10H,1H3,(H2,19,20,22). The molecule has 0 aliphatic rings. The number of urea groups is 1. The first-order chi connectivity index (χ1) is 12.4. The lowest BCUT2D eigenvalue weighted by Gasteiger charge is -2.08. The number of amides is 2. The number of nitrogens with one attached hydrogen (secondary N) is 2. The Kier molecular flexibility index (Phi) is 5.10. The van der Waals surface area contributed by atoms with E-state index in [1.165, 1.54) is 42.7 Å². The van der Waals surface area contributed by atoms with E-state index in [2.05, 4.69) is 31.7 Å². The average Bonchev–Trinajstić information content (AvgIpc) is 3.00. The Bertz CT molecular complexity index is 1030. The third-order valence-corrected chi connectivity index (χ3v) is 5.86. The first-order valence-corrected chi connectivity index (χ1v) is 9.73. The Labute approximate surface area is 158 Å². The van der Waals surface area contributed by atoms with Crippen LogP contribution >= 0.6 is 15.9 Å². The summed E-state index contributed by atoms with van der Waals surface area (Å²) < 4.78 is 30.7. The van der Waals surface area contributed by atoms with Crippen LogP contribution in [-0.4, -0.2) is 19.6 Å². The minimum Gasteiger partial charge on any atom is -0.362 e. The minimum absolute atomic E-state index is 0.139. The maximum atomic E-state index is 12.6. The zero-order valence-electron chi connectivity index (χ0n) is 13.6. The lowest BCUT2D eigenvalue weighted by molar-refractivity contribution is 0.262. The predicted octanol–water partition coefficient (Wildman–Crippen LogP) is 4.22. The van der Waals surface area contributed by atoms with Crippen LogP contribution in [0.15, 0.2) is 73.6 Å². The van der Waals surface area contributed by atoms with Crippen molar-refractivity contribution in [2.24, 2.45) is 0 Å². The summed E-state index contributed by atoms with van der Waals surface area (Å²) in [5.74, 6) is 0.